The topological polar surface area (TPSA) is 48.0 Å². The molecule has 0 aliphatic heterocycles. The van der Waals surface area contributed by atoms with Gasteiger partial charge in [-0.1, -0.05) is 6.07 Å². The number of hydrogen-bond acceptors (Lipinski definition) is 2. The fourth-order valence-corrected chi connectivity index (χ4v) is 1.98. The van der Waals surface area contributed by atoms with E-state index in [-0.39, 0.29) is 12.0 Å². The van der Waals surface area contributed by atoms with Gasteiger partial charge >= 0.3 is 0 Å². The molecule has 0 fully saturated rings. The lowest BCUT2D eigenvalue weighted by molar-refractivity contribution is 0.921. The van der Waals surface area contributed by atoms with Gasteiger partial charge in [-0.15, -0.1) is 0 Å². The molecule has 0 unspecified atom stereocenters. The SMILES string of the molecule is Cc1ccc(-n2cc(CN)c(=O)cc2C)cc1C. The number of aromatic nitrogens is 1. The van der Waals surface area contributed by atoms with Crippen molar-refractivity contribution < 1.29 is 0 Å². The third-order valence-electron chi connectivity index (χ3n) is 3.31. The van der Waals surface area contributed by atoms with Crippen molar-refractivity contribution in [3.63, 3.8) is 0 Å². The van der Waals surface area contributed by atoms with Gasteiger partial charge in [-0.3, -0.25) is 4.79 Å². The molecule has 0 radical (unpaired) electrons. The van der Waals surface area contributed by atoms with Crippen molar-refractivity contribution >= 4 is 0 Å². The van der Waals surface area contributed by atoms with Crippen molar-refractivity contribution in [1.82, 2.24) is 4.57 Å². The second-order valence-electron chi connectivity index (χ2n) is 4.65. The Morgan fingerprint density at radius 1 is 1.11 bits per heavy atom. The zero-order valence-electron chi connectivity index (χ0n) is 11.0. The van der Waals surface area contributed by atoms with Crippen LogP contribution in [-0.2, 0) is 6.54 Å². The third kappa shape index (κ3) is 2.22. The predicted molar refractivity (Wildman–Crippen MR) is 74.1 cm³/mol. The van der Waals surface area contributed by atoms with Gasteiger partial charge in [0.25, 0.3) is 0 Å². The van der Waals surface area contributed by atoms with E-state index in [1.165, 1.54) is 11.1 Å². The third-order valence-corrected chi connectivity index (χ3v) is 3.31. The van der Waals surface area contributed by atoms with Gasteiger partial charge < -0.3 is 10.3 Å². The minimum absolute atomic E-state index is 0.00934. The van der Waals surface area contributed by atoms with Gasteiger partial charge in [-0.05, 0) is 44.0 Å². The van der Waals surface area contributed by atoms with Crippen LogP contribution in [0.1, 0.15) is 22.4 Å². The van der Waals surface area contributed by atoms with Gasteiger partial charge in [-0.2, -0.15) is 0 Å². The highest BCUT2D eigenvalue weighted by atomic mass is 16.1. The number of nitrogens with zero attached hydrogens (tertiary/aromatic N) is 1. The monoisotopic (exact) mass is 242 g/mol. The second kappa shape index (κ2) is 4.78. The summed E-state index contributed by atoms with van der Waals surface area (Å²) in [5.41, 5.74) is 10.7. The van der Waals surface area contributed by atoms with Gasteiger partial charge in [0.1, 0.15) is 0 Å². The summed E-state index contributed by atoms with van der Waals surface area (Å²) in [6, 6.07) is 7.90. The number of pyridine rings is 1. The maximum Gasteiger partial charge on any atom is 0.186 e. The van der Waals surface area contributed by atoms with Crippen LogP contribution < -0.4 is 11.2 Å². The van der Waals surface area contributed by atoms with Gasteiger partial charge in [0.2, 0.25) is 0 Å². The standard InChI is InChI=1S/C15H18N2O/c1-10-4-5-14(6-11(10)2)17-9-13(8-16)15(18)7-12(17)3/h4-7,9H,8,16H2,1-3H3. The normalized spacial score (nSPS) is 10.7. The highest BCUT2D eigenvalue weighted by Crippen LogP contribution is 2.15. The highest BCUT2D eigenvalue weighted by Gasteiger charge is 2.05. The summed E-state index contributed by atoms with van der Waals surface area (Å²) >= 11 is 0. The number of aryl methyl sites for hydroxylation is 3. The van der Waals surface area contributed by atoms with Crippen LogP contribution in [0.15, 0.2) is 35.3 Å². The number of nitrogens with two attached hydrogens (primary N) is 1. The minimum atomic E-state index is 0.00934. The van der Waals surface area contributed by atoms with E-state index in [9.17, 15) is 4.79 Å². The molecule has 2 aromatic rings. The van der Waals surface area contributed by atoms with Crippen molar-refractivity contribution in [1.29, 1.82) is 0 Å². The molecular weight excluding hydrogens is 224 g/mol. The highest BCUT2D eigenvalue weighted by molar-refractivity contribution is 5.41. The van der Waals surface area contributed by atoms with E-state index in [2.05, 4.69) is 32.0 Å². The average Bonchev–Trinajstić information content (AvgIpc) is 2.33. The molecule has 0 atom stereocenters. The molecule has 0 amide bonds. The summed E-state index contributed by atoms with van der Waals surface area (Å²) in [6.45, 7) is 6.37. The Labute approximate surface area is 107 Å². The van der Waals surface area contributed by atoms with Crippen molar-refractivity contribution in [3.8, 4) is 5.69 Å². The Kier molecular flexibility index (Phi) is 3.34. The molecule has 94 valence electrons. The van der Waals surface area contributed by atoms with Crippen molar-refractivity contribution in [2.45, 2.75) is 27.3 Å². The van der Waals surface area contributed by atoms with E-state index in [1.807, 2.05) is 17.7 Å². The van der Waals surface area contributed by atoms with Gasteiger partial charge in [0, 0.05) is 35.8 Å². The number of rotatable bonds is 2. The molecule has 18 heavy (non-hydrogen) atoms. The first-order chi connectivity index (χ1) is 8.52. The van der Waals surface area contributed by atoms with Crippen molar-refractivity contribution in [3.05, 3.63) is 63.1 Å². The Balaban J connectivity index is 2.63. The molecule has 0 aliphatic carbocycles. The lowest BCUT2D eigenvalue weighted by Gasteiger charge is -2.13. The maximum absolute atomic E-state index is 11.7. The number of hydrogen-bond donors (Lipinski definition) is 1. The predicted octanol–water partition coefficient (Wildman–Crippen LogP) is 2.22. The van der Waals surface area contributed by atoms with E-state index in [0.717, 1.165) is 11.4 Å². The molecule has 2 rings (SSSR count). The summed E-state index contributed by atoms with van der Waals surface area (Å²) in [5, 5.41) is 0. The van der Waals surface area contributed by atoms with Crippen LogP contribution in [-0.4, -0.2) is 4.57 Å². The Bertz CT molecular complexity index is 641. The van der Waals surface area contributed by atoms with Crippen LogP contribution in [0.25, 0.3) is 5.69 Å². The molecule has 2 N–H and O–H groups in total. The van der Waals surface area contributed by atoms with E-state index >= 15 is 0 Å². The van der Waals surface area contributed by atoms with E-state index in [1.54, 1.807) is 6.07 Å². The minimum Gasteiger partial charge on any atom is -0.326 e. The Hall–Kier alpha value is -1.87. The molecule has 3 nitrogen and oxygen atoms in total. The zero-order valence-corrected chi connectivity index (χ0v) is 11.0. The molecule has 0 bridgehead atoms. The van der Waals surface area contributed by atoms with Crippen LogP contribution in [0, 0.1) is 20.8 Å². The Morgan fingerprint density at radius 2 is 1.83 bits per heavy atom. The molecule has 0 spiro atoms. The zero-order chi connectivity index (χ0) is 13.3. The first kappa shape index (κ1) is 12.6. The van der Waals surface area contributed by atoms with Crippen LogP contribution in [0.3, 0.4) is 0 Å². The molecule has 1 heterocycles. The smallest absolute Gasteiger partial charge is 0.186 e. The summed E-state index contributed by atoms with van der Waals surface area (Å²) < 4.78 is 2.01. The van der Waals surface area contributed by atoms with Crippen LogP contribution in [0.4, 0.5) is 0 Å². The fourth-order valence-electron chi connectivity index (χ4n) is 1.98. The van der Waals surface area contributed by atoms with Gasteiger partial charge in [-0.25, -0.2) is 0 Å². The molecule has 1 aromatic heterocycles. The van der Waals surface area contributed by atoms with Gasteiger partial charge in [0.15, 0.2) is 5.43 Å². The van der Waals surface area contributed by atoms with Crippen LogP contribution >= 0.6 is 0 Å². The van der Waals surface area contributed by atoms with Crippen molar-refractivity contribution in [2.24, 2.45) is 5.73 Å². The summed E-state index contributed by atoms with van der Waals surface area (Å²) in [6.07, 6.45) is 1.84. The van der Waals surface area contributed by atoms with E-state index < -0.39 is 0 Å². The van der Waals surface area contributed by atoms with Crippen LogP contribution in [0.5, 0.6) is 0 Å². The first-order valence-corrected chi connectivity index (χ1v) is 6.03. The van der Waals surface area contributed by atoms with E-state index in [4.69, 9.17) is 5.73 Å². The number of benzene rings is 1. The first-order valence-electron chi connectivity index (χ1n) is 6.03. The largest absolute Gasteiger partial charge is 0.326 e. The molecule has 0 aliphatic rings. The van der Waals surface area contributed by atoms with Gasteiger partial charge in [0.05, 0.1) is 0 Å². The average molecular weight is 242 g/mol. The lowest BCUT2D eigenvalue weighted by atomic mass is 10.1. The van der Waals surface area contributed by atoms with E-state index in [0.29, 0.717) is 5.56 Å². The molecule has 0 saturated carbocycles. The second-order valence-corrected chi connectivity index (χ2v) is 4.65. The summed E-state index contributed by atoms with van der Waals surface area (Å²) in [5.74, 6) is 0. The maximum atomic E-state index is 11.7. The van der Waals surface area contributed by atoms with Crippen molar-refractivity contribution in [2.75, 3.05) is 0 Å². The molecule has 3 heteroatoms. The molecule has 0 saturated heterocycles. The Morgan fingerprint density at radius 3 is 2.44 bits per heavy atom. The molecule has 1 aromatic carbocycles. The lowest BCUT2D eigenvalue weighted by Crippen LogP contribution is -2.17. The molecular formula is C15H18N2O. The summed E-state index contributed by atoms with van der Waals surface area (Å²) in [7, 11) is 0. The fraction of sp³-hybridized carbons (Fsp3) is 0.267. The summed E-state index contributed by atoms with van der Waals surface area (Å²) in [4.78, 5) is 11.7. The van der Waals surface area contributed by atoms with Crippen LogP contribution in [0.2, 0.25) is 0 Å². The quantitative estimate of drug-likeness (QED) is 0.877.